The number of aromatic nitrogens is 1. The van der Waals surface area contributed by atoms with E-state index in [9.17, 15) is 9.59 Å². The zero-order valence-corrected chi connectivity index (χ0v) is 21.5. The molecule has 3 aromatic rings. The number of hydrogen-bond acceptors (Lipinski definition) is 5. The van der Waals surface area contributed by atoms with Crippen molar-refractivity contribution < 1.29 is 14.1 Å². The number of anilines is 1. The number of nitrogens with zero attached hydrogens (tertiary/aromatic N) is 4. The normalized spacial score (nSPS) is 15.4. The molecule has 0 saturated heterocycles. The van der Waals surface area contributed by atoms with Crippen LogP contribution in [0.5, 0.6) is 0 Å². The second kappa shape index (κ2) is 12.0. The zero-order valence-electron chi connectivity index (χ0n) is 21.5. The number of aryl methyl sites for hydroxylation is 2. The third-order valence-corrected chi connectivity index (χ3v) is 6.76. The molecule has 1 aliphatic heterocycles. The van der Waals surface area contributed by atoms with E-state index in [4.69, 9.17) is 4.52 Å². The Hall–Kier alpha value is -3.45. The van der Waals surface area contributed by atoms with Gasteiger partial charge in [-0.05, 0) is 50.8 Å². The van der Waals surface area contributed by atoms with Crippen molar-refractivity contribution in [1.29, 1.82) is 0 Å². The molecule has 0 bridgehead atoms. The predicted molar refractivity (Wildman–Crippen MR) is 141 cm³/mol. The van der Waals surface area contributed by atoms with Gasteiger partial charge in [-0.2, -0.15) is 0 Å². The molecular formula is C29H36N4O3. The smallest absolute Gasteiger partial charge is 0.276 e. The molecule has 0 saturated carbocycles. The summed E-state index contributed by atoms with van der Waals surface area (Å²) in [6.45, 7) is 9.34. The van der Waals surface area contributed by atoms with Crippen molar-refractivity contribution >= 4 is 17.5 Å². The van der Waals surface area contributed by atoms with Crippen LogP contribution < -0.4 is 4.90 Å². The lowest BCUT2D eigenvalue weighted by atomic mass is 10.1. The van der Waals surface area contributed by atoms with E-state index in [1.165, 1.54) is 0 Å². The van der Waals surface area contributed by atoms with Crippen molar-refractivity contribution in [2.45, 2.75) is 52.6 Å². The summed E-state index contributed by atoms with van der Waals surface area (Å²) in [6, 6.07) is 20.1. The number of para-hydroxylation sites is 1. The van der Waals surface area contributed by atoms with Crippen molar-refractivity contribution in [3.05, 3.63) is 83.2 Å². The molecule has 1 aromatic heterocycles. The van der Waals surface area contributed by atoms with Crippen LogP contribution in [-0.2, 0) is 17.8 Å². The molecule has 7 nitrogen and oxygen atoms in total. The highest BCUT2D eigenvalue weighted by atomic mass is 16.5. The van der Waals surface area contributed by atoms with Crippen LogP contribution in [0.15, 0.2) is 65.2 Å². The summed E-state index contributed by atoms with van der Waals surface area (Å²) < 4.78 is 5.18. The van der Waals surface area contributed by atoms with Gasteiger partial charge in [0.05, 0.1) is 0 Å². The molecule has 1 aliphatic rings. The highest BCUT2D eigenvalue weighted by Gasteiger charge is 2.26. The first-order valence-corrected chi connectivity index (χ1v) is 12.8. The van der Waals surface area contributed by atoms with Crippen LogP contribution in [0.1, 0.15) is 54.1 Å². The first kappa shape index (κ1) is 25.6. The summed E-state index contributed by atoms with van der Waals surface area (Å²) in [7, 11) is 0. The molecule has 2 heterocycles. The van der Waals surface area contributed by atoms with E-state index < -0.39 is 0 Å². The lowest BCUT2D eigenvalue weighted by molar-refractivity contribution is -0.118. The van der Waals surface area contributed by atoms with Gasteiger partial charge in [-0.3, -0.25) is 14.5 Å². The van der Waals surface area contributed by atoms with Gasteiger partial charge in [0.25, 0.3) is 5.91 Å². The number of benzene rings is 2. The minimum atomic E-state index is -0.161. The molecule has 2 amide bonds. The Balaban J connectivity index is 1.63. The van der Waals surface area contributed by atoms with Crippen LogP contribution in [0.4, 0.5) is 5.69 Å². The van der Waals surface area contributed by atoms with Crippen LogP contribution >= 0.6 is 0 Å². The van der Waals surface area contributed by atoms with Crippen LogP contribution in [0, 0.1) is 6.92 Å². The molecule has 0 spiro atoms. The summed E-state index contributed by atoms with van der Waals surface area (Å²) in [5, 5.41) is 3.97. The largest absolute Gasteiger partial charge is 0.361 e. The fourth-order valence-corrected chi connectivity index (χ4v) is 4.71. The quantitative estimate of drug-likeness (QED) is 0.520. The molecule has 4 rings (SSSR count). The SMILES string of the molecule is Cc1cc(C(=O)N2CCN(C(C)C)CCCN(C(=O)CCc3ccccc3)c3ccccc3C2)no1. The van der Waals surface area contributed by atoms with E-state index in [0.717, 1.165) is 36.3 Å². The van der Waals surface area contributed by atoms with E-state index in [2.05, 4.69) is 36.0 Å². The first-order chi connectivity index (χ1) is 17.4. The van der Waals surface area contributed by atoms with Gasteiger partial charge in [-0.25, -0.2) is 0 Å². The second-order valence-corrected chi connectivity index (χ2v) is 9.69. The van der Waals surface area contributed by atoms with Crippen molar-refractivity contribution in [1.82, 2.24) is 15.0 Å². The Morgan fingerprint density at radius 1 is 0.972 bits per heavy atom. The molecule has 2 aromatic carbocycles. The van der Waals surface area contributed by atoms with Gasteiger partial charge in [0, 0.05) is 56.9 Å². The van der Waals surface area contributed by atoms with Crippen molar-refractivity contribution in [2.75, 3.05) is 31.1 Å². The Morgan fingerprint density at radius 2 is 1.72 bits per heavy atom. The fourth-order valence-electron chi connectivity index (χ4n) is 4.71. The molecule has 7 heteroatoms. The standard InChI is InChI=1S/C29H36N4O3/c1-22(2)31-16-9-17-33(28(34)15-14-24-10-5-4-6-11-24)27-13-8-7-12-25(27)21-32(19-18-31)29(35)26-20-23(3)36-30-26/h4-8,10-13,20,22H,9,14-19,21H2,1-3H3. The average Bonchev–Trinajstić information content (AvgIpc) is 3.31. The van der Waals surface area contributed by atoms with Crippen molar-refractivity contribution in [3.8, 4) is 0 Å². The molecule has 0 fully saturated rings. The van der Waals surface area contributed by atoms with Gasteiger partial charge >= 0.3 is 0 Å². The zero-order chi connectivity index (χ0) is 25.5. The summed E-state index contributed by atoms with van der Waals surface area (Å²) in [5.41, 5.74) is 3.30. The Labute approximate surface area is 213 Å². The maximum Gasteiger partial charge on any atom is 0.276 e. The topological polar surface area (TPSA) is 69.9 Å². The number of amides is 2. The second-order valence-electron chi connectivity index (χ2n) is 9.69. The van der Waals surface area contributed by atoms with E-state index in [0.29, 0.717) is 50.0 Å². The van der Waals surface area contributed by atoms with E-state index in [-0.39, 0.29) is 11.8 Å². The highest BCUT2D eigenvalue weighted by Crippen LogP contribution is 2.25. The summed E-state index contributed by atoms with van der Waals surface area (Å²) in [5.74, 6) is 0.550. The maximum atomic E-state index is 13.5. The van der Waals surface area contributed by atoms with Gasteiger partial charge in [-0.1, -0.05) is 53.7 Å². The molecule has 0 N–H and O–H groups in total. The molecular weight excluding hydrogens is 452 g/mol. The molecule has 0 aliphatic carbocycles. The predicted octanol–water partition coefficient (Wildman–Crippen LogP) is 4.71. The van der Waals surface area contributed by atoms with Crippen LogP contribution in [0.3, 0.4) is 0 Å². The van der Waals surface area contributed by atoms with Gasteiger partial charge in [0.1, 0.15) is 5.76 Å². The molecule has 0 atom stereocenters. The Kier molecular flexibility index (Phi) is 8.54. The van der Waals surface area contributed by atoms with Crippen LogP contribution in [-0.4, -0.2) is 59.0 Å². The minimum absolute atomic E-state index is 0.103. The number of fused-ring (bicyclic) bond motifs is 1. The molecule has 190 valence electrons. The van der Waals surface area contributed by atoms with Crippen LogP contribution in [0.25, 0.3) is 0 Å². The Morgan fingerprint density at radius 3 is 2.44 bits per heavy atom. The van der Waals surface area contributed by atoms with Gasteiger partial charge in [0.15, 0.2) is 5.69 Å². The highest BCUT2D eigenvalue weighted by molar-refractivity contribution is 5.95. The Bertz CT molecular complexity index is 1160. The monoisotopic (exact) mass is 488 g/mol. The average molecular weight is 489 g/mol. The summed E-state index contributed by atoms with van der Waals surface area (Å²) >= 11 is 0. The lowest BCUT2D eigenvalue weighted by Gasteiger charge is -2.29. The molecule has 0 unspecified atom stereocenters. The number of rotatable bonds is 5. The third-order valence-electron chi connectivity index (χ3n) is 6.76. The van der Waals surface area contributed by atoms with Crippen molar-refractivity contribution in [3.63, 3.8) is 0 Å². The van der Waals surface area contributed by atoms with E-state index >= 15 is 0 Å². The first-order valence-electron chi connectivity index (χ1n) is 12.8. The van der Waals surface area contributed by atoms with E-state index in [1.807, 2.05) is 52.3 Å². The van der Waals surface area contributed by atoms with Gasteiger partial charge in [-0.15, -0.1) is 0 Å². The third kappa shape index (κ3) is 6.40. The van der Waals surface area contributed by atoms with Gasteiger partial charge in [0.2, 0.25) is 5.91 Å². The summed E-state index contributed by atoms with van der Waals surface area (Å²) in [6.07, 6.45) is 2.00. The number of carbonyl (C=O) groups is 2. The molecule has 0 radical (unpaired) electrons. The number of hydrogen-bond donors (Lipinski definition) is 0. The molecule has 36 heavy (non-hydrogen) atoms. The fraction of sp³-hybridized carbons (Fsp3) is 0.414. The van der Waals surface area contributed by atoms with E-state index in [1.54, 1.807) is 13.0 Å². The lowest BCUT2D eigenvalue weighted by Crippen LogP contribution is -2.41. The summed E-state index contributed by atoms with van der Waals surface area (Å²) in [4.78, 5) is 33.1. The van der Waals surface area contributed by atoms with Crippen LogP contribution in [0.2, 0.25) is 0 Å². The number of carbonyl (C=O) groups excluding carboxylic acids is 2. The minimum Gasteiger partial charge on any atom is -0.361 e. The maximum absolute atomic E-state index is 13.5. The van der Waals surface area contributed by atoms with Gasteiger partial charge < -0.3 is 14.3 Å². The van der Waals surface area contributed by atoms with Crippen molar-refractivity contribution in [2.24, 2.45) is 0 Å².